The molecule has 0 aliphatic heterocycles. The smallest absolute Gasteiger partial charge is 0.274 e. The van der Waals surface area contributed by atoms with Crippen LogP contribution in [0.25, 0.3) is 22.4 Å². The zero-order valence-electron chi connectivity index (χ0n) is 18.7. The van der Waals surface area contributed by atoms with E-state index < -0.39 is 5.91 Å². The third kappa shape index (κ3) is 4.21. The lowest BCUT2D eigenvalue weighted by atomic mass is 10.1. The van der Waals surface area contributed by atoms with Crippen molar-refractivity contribution in [2.45, 2.75) is 0 Å². The molecule has 4 N–H and O–H groups in total. The van der Waals surface area contributed by atoms with Crippen LogP contribution in [0.5, 0.6) is 5.75 Å². The van der Waals surface area contributed by atoms with Gasteiger partial charge in [0.05, 0.1) is 18.2 Å². The first kappa shape index (κ1) is 22.6. The van der Waals surface area contributed by atoms with Gasteiger partial charge < -0.3 is 20.2 Å². The monoisotopic (exact) mass is 461 g/mol. The first-order valence-electron chi connectivity index (χ1n) is 10.3. The molecule has 0 atom stereocenters. The number of carbonyl (C=O) groups is 2. The first-order chi connectivity index (χ1) is 16.3. The molecule has 10 nitrogen and oxygen atoms in total. The molecule has 0 bridgehead atoms. The molecular formula is C24H23N5O5. The fraction of sp³-hybridized carbons (Fsp3) is 0.125. The summed E-state index contributed by atoms with van der Waals surface area (Å²) in [5, 5.41) is 22.4. The number of hydrogen-bond acceptors (Lipinski definition) is 7. The van der Waals surface area contributed by atoms with Gasteiger partial charge >= 0.3 is 0 Å². The van der Waals surface area contributed by atoms with Gasteiger partial charge in [-0.2, -0.15) is 4.73 Å². The summed E-state index contributed by atoms with van der Waals surface area (Å²) in [5.41, 5.74) is 4.89. The molecule has 0 unspecified atom stereocenters. The van der Waals surface area contributed by atoms with Crippen molar-refractivity contribution < 1.29 is 24.7 Å². The van der Waals surface area contributed by atoms with Gasteiger partial charge in [-0.25, -0.2) is 10.5 Å². The highest BCUT2D eigenvalue weighted by atomic mass is 16.5. The number of benzene rings is 3. The predicted molar refractivity (Wildman–Crippen MR) is 127 cm³/mol. The molecule has 2 amide bonds. The number of rotatable bonds is 6. The summed E-state index contributed by atoms with van der Waals surface area (Å²) >= 11 is 0. The zero-order valence-corrected chi connectivity index (χ0v) is 18.7. The lowest BCUT2D eigenvalue weighted by molar-refractivity contribution is 0.0706. The second kappa shape index (κ2) is 9.12. The minimum Gasteiger partial charge on any atom is -0.496 e. The molecule has 34 heavy (non-hydrogen) atoms. The van der Waals surface area contributed by atoms with Crippen molar-refractivity contribution in [3.05, 3.63) is 71.8 Å². The third-order valence-electron chi connectivity index (χ3n) is 5.34. The number of methoxy groups -OCH3 is 1. The molecule has 174 valence electrons. The fourth-order valence-corrected chi connectivity index (χ4v) is 3.51. The van der Waals surface area contributed by atoms with Crippen LogP contribution < -0.4 is 20.4 Å². The van der Waals surface area contributed by atoms with Gasteiger partial charge in [-0.1, -0.05) is 0 Å². The maximum absolute atomic E-state index is 12.7. The van der Waals surface area contributed by atoms with Crippen LogP contribution in [0.4, 0.5) is 11.4 Å². The van der Waals surface area contributed by atoms with Gasteiger partial charge in [0.1, 0.15) is 11.3 Å². The highest BCUT2D eigenvalue weighted by molar-refractivity contribution is 6.04. The average molecular weight is 461 g/mol. The minimum absolute atomic E-state index is 0.153. The van der Waals surface area contributed by atoms with E-state index in [9.17, 15) is 14.8 Å². The maximum Gasteiger partial charge on any atom is 0.274 e. The van der Waals surface area contributed by atoms with E-state index in [0.717, 1.165) is 10.4 Å². The van der Waals surface area contributed by atoms with Crippen molar-refractivity contribution in [1.82, 2.24) is 15.2 Å². The van der Waals surface area contributed by atoms with Crippen LogP contribution >= 0.6 is 0 Å². The standard InChI is InChI=1S/C24H23N5O5/c1-28(2)17-8-4-14(5-9-17)23(30)25-16-7-10-18(21(13-16)34-3)22-26-19-11-6-15(24(31)27-32)12-20(19)29(22)33/h4-13,32-33H,1-3H3,(H,25,30)(H,27,31). The van der Waals surface area contributed by atoms with Crippen molar-refractivity contribution in [3.8, 4) is 17.1 Å². The fourth-order valence-electron chi connectivity index (χ4n) is 3.51. The molecule has 0 saturated carbocycles. The van der Waals surface area contributed by atoms with Crippen molar-refractivity contribution in [2.24, 2.45) is 0 Å². The maximum atomic E-state index is 12.7. The number of nitrogens with zero attached hydrogens (tertiary/aromatic N) is 3. The molecule has 0 spiro atoms. The van der Waals surface area contributed by atoms with E-state index >= 15 is 0 Å². The molecule has 1 heterocycles. The number of amides is 2. The summed E-state index contributed by atoms with van der Waals surface area (Å²) in [6, 6.07) is 16.6. The molecule has 0 radical (unpaired) electrons. The molecular weight excluding hydrogens is 438 g/mol. The number of carbonyl (C=O) groups excluding carboxylic acids is 2. The number of nitrogens with one attached hydrogen (secondary N) is 2. The number of aromatic nitrogens is 2. The SMILES string of the molecule is COc1cc(NC(=O)c2ccc(N(C)C)cc2)ccc1-c1nc2ccc(C(=O)NO)cc2n1O. The Labute approximate surface area is 194 Å². The van der Waals surface area contributed by atoms with Crippen LogP contribution in [0, 0.1) is 0 Å². The van der Waals surface area contributed by atoms with Crippen molar-refractivity contribution in [3.63, 3.8) is 0 Å². The Hall–Kier alpha value is -4.57. The molecule has 0 saturated heterocycles. The van der Waals surface area contributed by atoms with E-state index in [1.54, 1.807) is 41.9 Å². The van der Waals surface area contributed by atoms with Crippen LogP contribution in [-0.4, -0.2) is 53.1 Å². The number of ether oxygens (including phenoxy) is 1. The van der Waals surface area contributed by atoms with Crippen LogP contribution in [-0.2, 0) is 0 Å². The van der Waals surface area contributed by atoms with Crippen molar-refractivity contribution >= 4 is 34.2 Å². The second-order valence-electron chi connectivity index (χ2n) is 7.70. The van der Waals surface area contributed by atoms with E-state index in [4.69, 9.17) is 9.94 Å². The predicted octanol–water partition coefficient (Wildman–Crippen LogP) is 3.39. The number of hydroxylamine groups is 1. The molecule has 0 aliphatic carbocycles. The molecule has 0 fully saturated rings. The summed E-state index contributed by atoms with van der Waals surface area (Å²) in [5.74, 6) is -0.423. The first-order valence-corrected chi connectivity index (χ1v) is 10.3. The Morgan fingerprint density at radius 2 is 1.68 bits per heavy atom. The number of hydrogen-bond donors (Lipinski definition) is 4. The summed E-state index contributed by atoms with van der Waals surface area (Å²) in [6.07, 6.45) is 0. The van der Waals surface area contributed by atoms with Gasteiger partial charge in [-0.3, -0.25) is 14.8 Å². The summed E-state index contributed by atoms with van der Waals surface area (Å²) in [7, 11) is 5.32. The molecule has 3 aromatic carbocycles. The van der Waals surface area contributed by atoms with Gasteiger partial charge in [0.15, 0.2) is 5.82 Å². The Morgan fingerprint density at radius 1 is 0.971 bits per heavy atom. The molecule has 10 heteroatoms. The highest BCUT2D eigenvalue weighted by Crippen LogP contribution is 2.34. The molecule has 1 aromatic heterocycles. The topological polar surface area (TPSA) is 129 Å². The number of fused-ring (bicyclic) bond motifs is 1. The average Bonchev–Trinajstić information content (AvgIpc) is 3.18. The Morgan fingerprint density at radius 3 is 2.32 bits per heavy atom. The highest BCUT2D eigenvalue weighted by Gasteiger charge is 2.18. The number of anilines is 2. The summed E-state index contributed by atoms with van der Waals surface area (Å²) in [6.45, 7) is 0. The van der Waals surface area contributed by atoms with Gasteiger partial charge in [0.25, 0.3) is 11.8 Å². The van der Waals surface area contributed by atoms with E-state index in [1.165, 1.54) is 19.2 Å². The van der Waals surface area contributed by atoms with E-state index in [2.05, 4.69) is 10.3 Å². The molecule has 4 aromatic rings. The van der Waals surface area contributed by atoms with Gasteiger partial charge in [0, 0.05) is 42.7 Å². The lowest BCUT2D eigenvalue weighted by Crippen LogP contribution is -2.18. The minimum atomic E-state index is -0.710. The van der Waals surface area contributed by atoms with Gasteiger partial charge in [0.2, 0.25) is 0 Å². The Kier molecular flexibility index (Phi) is 6.07. The Bertz CT molecular complexity index is 1380. The van der Waals surface area contributed by atoms with Gasteiger partial charge in [-0.15, -0.1) is 0 Å². The second-order valence-corrected chi connectivity index (χ2v) is 7.70. The van der Waals surface area contributed by atoms with Gasteiger partial charge in [-0.05, 0) is 54.6 Å². The van der Waals surface area contributed by atoms with Crippen molar-refractivity contribution in [2.75, 3.05) is 31.4 Å². The van der Waals surface area contributed by atoms with E-state index in [0.29, 0.717) is 28.1 Å². The summed E-state index contributed by atoms with van der Waals surface area (Å²) in [4.78, 5) is 30.7. The third-order valence-corrected chi connectivity index (χ3v) is 5.34. The zero-order chi connectivity index (χ0) is 24.4. The van der Waals surface area contributed by atoms with Crippen LogP contribution in [0.15, 0.2) is 60.7 Å². The van der Waals surface area contributed by atoms with Crippen LogP contribution in [0.1, 0.15) is 20.7 Å². The lowest BCUT2D eigenvalue weighted by Gasteiger charge is -2.13. The van der Waals surface area contributed by atoms with Crippen molar-refractivity contribution in [1.29, 1.82) is 0 Å². The largest absolute Gasteiger partial charge is 0.496 e. The van der Waals surface area contributed by atoms with Crippen LogP contribution in [0.3, 0.4) is 0 Å². The molecule has 4 rings (SSSR count). The normalized spacial score (nSPS) is 10.7. The van der Waals surface area contributed by atoms with E-state index in [1.807, 2.05) is 31.1 Å². The molecule has 0 aliphatic rings. The quantitative estimate of drug-likeness (QED) is 0.197. The van der Waals surface area contributed by atoms with Crippen LogP contribution in [0.2, 0.25) is 0 Å². The Balaban J connectivity index is 1.63. The summed E-state index contributed by atoms with van der Waals surface area (Å²) < 4.78 is 6.32. The number of imidazole rings is 1. The van der Waals surface area contributed by atoms with E-state index in [-0.39, 0.29) is 22.8 Å².